The summed E-state index contributed by atoms with van der Waals surface area (Å²) in [5, 5.41) is 8.80. The number of aliphatic hydroxyl groups is 1. The molecule has 2 nitrogen and oxygen atoms in total. The first-order valence-corrected chi connectivity index (χ1v) is 5.48. The molecule has 0 aliphatic heterocycles. The smallest absolute Gasteiger partial charge is 0.0774 e. The average Bonchev–Trinajstić information content (AvgIpc) is 2.53. The van der Waals surface area contributed by atoms with Gasteiger partial charge in [-0.15, -0.1) is 23.1 Å². The molecule has 0 amide bonds. The highest BCUT2D eigenvalue weighted by molar-refractivity contribution is 8.01. The molecule has 1 N–H and O–H groups in total. The van der Waals surface area contributed by atoms with E-state index in [1.807, 2.05) is 12.1 Å². The van der Waals surface area contributed by atoms with Crippen LogP contribution in [0.15, 0.2) is 16.3 Å². The molecule has 1 heterocycles. The van der Waals surface area contributed by atoms with E-state index in [1.165, 1.54) is 4.21 Å². The maximum absolute atomic E-state index is 8.80. The van der Waals surface area contributed by atoms with Crippen LogP contribution in [0.1, 0.15) is 4.88 Å². The molecule has 0 saturated heterocycles. The van der Waals surface area contributed by atoms with Crippen molar-refractivity contribution in [2.24, 2.45) is 0 Å². The van der Waals surface area contributed by atoms with Crippen LogP contribution in [0.25, 0.3) is 0 Å². The first kappa shape index (κ1) is 10.1. The minimum absolute atomic E-state index is 0.148. The second-order valence-corrected chi connectivity index (χ2v) is 4.78. The van der Waals surface area contributed by atoms with Gasteiger partial charge in [-0.1, -0.05) is 0 Å². The zero-order valence-electron chi connectivity index (χ0n) is 6.95. The number of hydrogen-bond acceptors (Lipinski definition) is 4. The van der Waals surface area contributed by atoms with Crippen molar-refractivity contribution in [1.82, 2.24) is 0 Å². The summed E-state index contributed by atoms with van der Waals surface area (Å²) < 4.78 is 6.18. The molecule has 0 atom stereocenters. The fraction of sp³-hybridized carbons (Fsp3) is 0.500. The molecular weight excluding hydrogens is 192 g/mol. The zero-order valence-corrected chi connectivity index (χ0v) is 8.58. The molecule has 0 unspecified atom stereocenters. The lowest BCUT2D eigenvalue weighted by molar-refractivity contribution is 0.218. The Labute approximate surface area is 80.6 Å². The quantitative estimate of drug-likeness (QED) is 0.587. The summed E-state index contributed by atoms with van der Waals surface area (Å²) in [5.74, 6) is 0.974. The first-order valence-electron chi connectivity index (χ1n) is 3.68. The van der Waals surface area contributed by atoms with Gasteiger partial charge in [0, 0.05) is 17.7 Å². The third-order valence-corrected chi connectivity index (χ3v) is 3.58. The number of thioether (sulfide) groups is 1. The maximum atomic E-state index is 8.80. The standard InChI is InChI=1S/C8H12O2S2/c1-10-4-5-11-8-3-2-7(6-9)12-8/h2-3,9H,4-6H2,1H3. The normalized spacial score (nSPS) is 10.5. The Hall–Kier alpha value is -0.0300. The Kier molecular flexibility index (Phi) is 4.68. The van der Waals surface area contributed by atoms with Crippen molar-refractivity contribution in [3.05, 3.63) is 17.0 Å². The van der Waals surface area contributed by atoms with Gasteiger partial charge in [0.05, 0.1) is 17.4 Å². The van der Waals surface area contributed by atoms with Crippen molar-refractivity contribution in [1.29, 1.82) is 0 Å². The summed E-state index contributed by atoms with van der Waals surface area (Å²) in [6.07, 6.45) is 0. The number of ether oxygens (including phenoxy) is 1. The number of hydrogen-bond donors (Lipinski definition) is 1. The molecule has 0 fully saturated rings. The SMILES string of the molecule is COCCSc1ccc(CO)s1. The van der Waals surface area contributed by atoms with Gasteiger partial charge in [0.15, 0.2) is 0 Å². The van der Waals surface area contributed by atoms with Crippen molar-refractivity contribution in [3.8, 4) is 0 Å². The summed E-state index contributed by atoms with van der Waals surface area (Å²) in [6, 6.07) is 4.00. The lowest BCUT2D eigenvalue weighted by Crippen LogP contribution is -1.89. The number of methoxy groups -OCH3 is 1. The van der Waals surface area contributed by atoms with E-state index in [2.05, 4.69) is 0 Å². The fourth-order valence-electron chi connectivity index (χ4n) is 0.746. The predicted octanol–water partition coefficient (Wildman–Crippen LogP) is 1.98. The Morgan fingerprint density at radius 1 is 1.58 bits per heavy atom. The largest absolute Gasteiger partial charge is 0.391 e. The van der Waals surface area contributed by atoms with Gasteiger partial charge in [-0.3, -0.25) is 0 Å². The highest BCUT2D eigenvalue weighted by Gasteiger charge is 1.98. The summed E-state index contributed by atoms with van der Waals surface area (Å²) in [5.41, 5.74) is 0. The van der Waals surface area contributed by atoms with E-state index in [9.17, 15) is 0 Å². The Morgan fingerprint density at radius 2 is 2.42 bits per heavy atom. The van der Waals surface area contributed by atoms with E-state index in [0.717, 1.165) is 17.2 Å². The van der Waals surface area contributed by atoms with Crippen molar-refractivity contribution in [3.63, 3.8) is 0 Å². The van der Waals surface area contributed by atoms with E-state index in [1.54, 1.807) is 30.2 Å². The van der Waals surface area contributed by atoms with Crippen LogP contribution in [-0.2, 0) is 11.3 Å². The summed E-state index contributed by atoms with van der Waals surface area (Å²) in [6.45, 7) is 0.923. The van der Waals surface area contributed by atoms with E-state index in [0.29, 0.717) is 0 Å². The monoisotopic (exact) mass is 204 g/mol. The molecule has 0 aromatic carbocycles. The summed E-state index contributed by atoms with van der Waals surface area (Å²) in [7, 11) is 1.70. The highest BCUT2D eigenvalue weighted by Crippen LogP contribution is 2.26. The topological polar surface area (TPSA) is 29.5 Å². The van der Waals surface area contributed by atoms with Gasteiger partial charge < -0.3 is 9.84 Å². The Morgan fingerprint density at radius 3 is 3.00 bits per heavy atom. The number of rotatable bonds is 5. The summed E-state index contributed by atoms with van der Waals surface area (Å²) >= 11 is 3.40. The predicted molar refractivity (Wildman–Crippen MR) is 52.8 cm³/mol. The van der Waals surface area contributed by atoms with E-state index in [4.69, 9.17) is 9.84 Å². The van der Waals surface area contributed by atoms with Gasteiger partial charge in [0.1, 0.15) is 0 Å². The van der Waals surface area contributed by atoms with Crippen LogP contribution in [0.4, 0.5) is 0 Å². The van der Waals surface area contributed by atoms with Gasteiger partial charge in [0.25, 0.3) is 0 Å². The van der Waals surface area contributed by atoms with Gasteiger partial charge in [0.2, 0.25) is 0 Å². The Balaban J connectivity index is 2.31. The molecule has 1 aromatic rings. The minimum atomic E-state index is 0.148. The van der Waals surface area contributed by atoms with Crippen molar-refractivity contribution < 1.29 is 9.84 Å². The van der Waals surface area contributed by atoms with Crippen LogP contribution < -0.4 is 0 Å². The van der Waals surface area contributed by atoms with Crippen LogP contribution >= 0.6 is 23.1 Å². The molecule has 1 aromatic heterocycles. The minimum Gasteiger partial charge on any atom is -0.391 e. The van der Waals surface area contributed by atoms with Crippen molar-refractivity contribution >= 4 is 23.1 Å². The van der Waals surface area contributed by atoms with Crippen LogP contribution in [0, 0.1) is 0 Å². The van der Waals surface area contributed by atoms with Crippen LogP contribution in [0.2, 0.25) is 0 Å². The van der Waals surface area contributed by atoms with E-state index >= 15 is 0 Å². The number of thiophene rings is 1. The molecular formula is C8H12O2S2. The molecule has 0 saturated carbocycles. The third kappa shape index (κ3) is 3.15. The van der Waals surface area contributed by atoms with Crippen molar-refractivity contribution in [2.75, 3.05) is 19.5 Å². The van der Waals surface area contributed by atoms with Crippen LogP contribution in [0.5, 0.6) is 0 Å². The molecule has 1 rings (SSSR count). The van der Waals surface area contributed by atoms with Gasteiger partial charge >= 0.3 is 0 Å². The van der Waals surface area contributed by atoms with Crippen molar-refractivity contribution in [2.45, 2.75) is 10.8 Å². The zero-order chi connectivity index (χ0) is 8.81. The highest BCUT2D eigenvalue weighted by atomic mass is 32.2. The lowest BCUT2D eigenvalue weighted by Gasteiger charge is -1.95. The molecule has 68 valence electrons. The van der Waals surface area contributed by atoms with Gasteiger partial charge in [-0.05, 0) is 12.1 Å². The molecule has 4 heteroatoms. The average molecular weight is 204 g/mol. The van der Waals surface area contributed by atoms with Crippen LogP contribution in [0.3, 0.4) is 0 Å². The molecule has 0 aliphatic carbocycles. The first-order chi connectivity index (χ1) is 5.86. The van der Waals surface area contributed by atoms with E-state index in [-0.39, 0.29) is 6.61 Å². The fourth-order valence-corrected chi connectivity index (χ4v) is 2.76. The molecule has 0 aliphatic rings. The molecule has 0 radical (unpaired) electrons. The molecule has 0 bridgehead atoms. The summed E-state index contributed by atoms with van der Waals surface area (Å²) in [4.78, 5) is 1.02. The lowest BCUT2D eigenvalue weighted by atomic mass is 10.5. The second-order valence-electron chi connectivity index (χ2n) is 2.22. The number of aliphatic hydroxyl groups excluding tert-OH is 1. The van der Waals surface area contributed by atoms with Gasteiger partial charge in [-0.25, -0.2) is 0 Å². The molecule has 12 heavy (non-hydrogen) atoms. The molecule has 0 spiro atoms. The maximum Gasteiger partial charge on any atom is 0.0774 e. The third-order valence-electron chi connectivity index (χ3n) is 1.32. The Bertz CT molecular complexity index is 223. The van der Waals surface area contributed by atoms with Gasteiger partial charge in [-0.2, -0.15) is 0 Å². The van der Waals surface area contributed by atoms with E-state index < -0.39 is 0 Å². The van der Waals surface area contributed by atoms with Crippen LogP contribution in [-0.4, -0.2) is 24.6 Å². The second kappa shape index (κ2) is 5.59.